The third-order valence-corrected chi connectivity index (χ3v) is 4.25. The maximum absolute atomic E-state index is 10.2. The Hall–Kier alpha value is -0.280. The van der Waals surface area contributed by atoms with Crippen LogP contribution in [0, 0.1) is 5.92 Å². The van der Waals surface area contributed by atoms with Crippen LogP contribution in [-0.4, -0.2) is 24.3 Å². The number of nitrogens with one attached hydrogen (secondary N) is 1. The molecule has 2 nitrogen and oxygen atoms in total. The summed E-state index contributed by atoms with van der Waals surface area (Å²) in [6.45, 7) is 1.98. The van der Waals surface area contributed by atoms with Gasteiger partial charge in [-0.15, -0.1) is 0 Å². The molecule has 1 saturated heterocycles. The van der Waals surface area contributed by atoms with Crippen LogP contribution < -0.4 is 5.32 Å². The van der Waals surface area contributed by atoms with Gasteiger partial charge in [-0.25, -0.2) is 0 Å². The van der Waals surface area contributed by atoms with Gasteiger partial charge in [0.2, 0.25) is 0 Å². The second kappa shape index (κ2) is 6.05. The summed E-state index contributed by atoms with van der Waals surface area (Å²) in [5.41, 5.74) is 0.935. The van der Waals surface area contributed by atoms with E-state index in [1.54, 1.807) is 6.07 Å². The van der Waals surface area contributed by atoms with Gasteiger partial charge in [-0.05, 0) is 43.5 Å². The molecule has 0 amide bonds. The summed E-state index contributed by atoms with van der Waals surface area (Å²) in [6.07, 6.45) is 2.32. The molecule has 1 aliphatic heterocycles. The van der Waals surface area contributed by atoms with Crippen molar-refractivity contribution < 1.29 is 5.11 Å². The van der Waals surface area contributed by atoms with Gasteiger partial charge >= 0.3 is 0 Å². The molecule has 0 bridgehead atoms. The van der Waals surface area contributed by atoms with Crippen molar-refractivity contribution >= 4 is 23.2 Å². The molecule has 2 rings (SSSR count). The zero-order chi connectivity index (χ0) is 12.3. The van der Waals surface area contributed by atoms with Crippen LogP contribution in [-0.2, 0) is 6.42 Å². The first-order chi connectivity index (χ1) is 8.18. The summed E-state index contributed by atoms with van der Waals surface area (Å²) in [4.78, 5) is 0. The first kappa shape index (κ1) is 13.2. The minimum Gasteiger partial charge on any atom is -0.392 e. The van der Waals surface area contributed by atoms with Crippen molar-refractivity contribution in [1.82, 2.24) is 5.32 Å². The number of rotatable bonds is 3. The largest absolute Gasteiger partial charge is 0.392 e. The van der Waals surface area contributed by atoms with Crippen molar-refractivity contribution in [2.45, 2.75) is 25.4 Å². The quantitative estimate of drug-likeness (QED) is 0.888. The topological polar surface area (TPSA) is 32.3 Å². The zero-order valence-electron chi connectivity index (χ0n) is 9.63. The second-order valence-electron chi connectivity index (χ2n) is 4.57. The molecule has 0 saturated carbocycles. The molecule has 0 aliphatic carbocycles. The van der Waals surface area contributed by atoms with Crippen LogP contribution in [0.5, 0.6) is 0 Å². The average molecular weight is 274 g/mol. The van der Waals surface area contributed by atoms with Crippen LogP contribution >= 0.6 is 23.2 Å². The summed E-state index contributed by atoms with van der Waals surface area (Å²) in [6, 6.07) is 5.57. The summed E-state index contributed by atoms with van der Waals surface area (Å²) < 4.78 is 0. The SMILES string of the molecule is OC(Cc1cccc(Cl)c1Cl)C1CCNCC1. The van der Waals surface area contributed by atoms with Gasteiger partial charge in [-0.2, -0.15) is 0 Å². The highest BCUT2D eigenvalue weighted by Gasteiger charge is 2.22. The number of aliphatic hydroxyl groups is 1. The third-order valence-electron chi connectivity index (χ3n) is 3.39. The predicted octanol–water partition coefficient (Wildman–Crippen LogP) is 2.90. The minimum absolute atomic E-state index is 0.326. The van der Waals surface area contributed by atoms with Crippen molar-refractivity contribution in [2.75, 3.05) is 13.1 Å². The number of piperidine rings is 1. The van der Waals surface area contributed by atoms with E-state index in [0.717, 1.165) is 31.5 Å². The standard InChI is InChI=1S/C13H17Cl2NO/c14-11-3-1-2-10(13(11)15)8-12(17)9-4-6-16-7-5-9/h1-3,9,12,16-17H,4-8H2. The van der Waals surface area contributed by atoms with Crippen LogP contribution in [0.2, 0.25) is 10.0 Å². The highest BCUT2D eigenvalue weighted by molar-refractivity contribution is 6.42. The number of hydrogen-bond donors (Lipinski definition) is 2. The Kier molecular flexibility index (Phi) is 4.69. The van der Waals surface area contributed by atoms with Gasteiger partial charge < -0.3 is 10.4 Å². The molecule has 1 aliphatic rings. The fourth-order valence-corrected chi connectivity index (χ4v) is 2.72. The molecule has 1 atom stereocenters. The Morgan fingerprint density at radius 2 is 2.00 bits per heavy atom. The predicted molar refractivity (Wildman–Crippen MR) is 71.8 cm³/mol. The van der Waals surface area contributed by atoms with Crippen molar-refractivity contribution in [1.29, 1.82) is 0 Å². The van der Waals surface area contributed by atoms with Crippen LogP contribution in [0.3, 0.4) is 0 Å². The van der Waals surface area contributed by atoms with Gasteiger partial charge in [-0.1, -0.05) is 35.3 Å². The van der Waals surface area contributed by atoms with E-state index in [1.807, 2.05) is 12.1 Å². The maximum atomic E-state index is 10.2. The lowest BCUT2D eigenvalue weighted by atomic mass is 9.88. The molecule has 94 valence electrons. The van der Waals surface area contributed by atoms with Gasteiger partial charge in [0.1, 0.15) is 0 Å². The normalized spacial score (nSPS) is 19.2. The van der Waals surface area contributed by atoms with Crippen molar-refractivity contribution in [3.05, 3.63) is 33.8 Å². The van der Waals surface area contributed by atoms with E-state index in [1.165, 1.54) is 0 Å². The van der Waals surface area contributed by atoms with E-state index < -0.39 is 0 Å². The van der Waals surface area contributed by atoms with Crippen molar-refractivity contribution in [3.63, 3.8) is 0 Å². The lowest BCUT2D eigenvalue weighted by Crippen LogP contribution is -2.35. The molecule has 17 heavy (non-hydrogen) atoms. The van der Waals surface area contributed by atoms with Crippen LogP contribution in [0.1, 0.15) is 18.4 Å². The number of aliphatic hydroxyl groups excluding tert-OH is 1. The molecule has 0 radical (unpaired) electrons. The smallest absolute Gasteiger partial charge is 0.0625 e. The average Bonchev–Trinajstić information content (AvgIpc) is 2.36. The number of halogens is 2. The van der Waals surface area contributed by atoms with E-state index in [0.29, 0.717) is 22.4 Å². The van der Waals surface area contributed by atoms with Gasteiger partial charge in [0, 0.05) is 6.42 Å². The summed E-state index contributed by atoms with van der Waals surface area (Å²) in [5.74, 6) is 0.367. The molecule has 1 fully saturated rings. The van der Waals surface area contributed by atoms with Crippen molar-refractivity contribution in [2.24, 2.45) is 5.92 Å². The Labute approximate surface area is 112 Å². The van der Waals surface area contributed by atoms with E-state index in [2.05, 4.69) is 5.32 Å². The summed E-state index contributed by atoms with van der Waals surface area (Å²) in [5, 5.41) is 14.6. The lowest BCUT2D eigenvalue weighted by molar-refractivity contribution is 0.0891. The van der Waals surface area contributed by atoms with Gasteiger partial charge in [0.25, 0.3) is 0 Å². The Bertz CT molecular complexity index is 378. The van der Waals surface area contributed by atoms with Gasteiger partial charge in [0.05, 0.1) is 16.1 Å². The Balaban J connectivity index is 2.01. The van der Waals surface area contributed by atoms with E-state index in [-0.39, 0.29) is 6.10 Å². The molecule has 1 unspecified atom stereocenters. The Morgan fingerprint density at radius 1 is 1.29 bits per heavy atom. The first-order valence-electron chi connectivity index (χ1n) is 6.00. The molecule has 4 heteroatoms. The maximum Gasteiger partial charge on any atom is 0.0625 e. The zero-order valence-corrected chi connectivity index (χ0v) is 11.1. The first-order valence-corrected chi connectivity index (χ1v) is 6.75. The second-order valence-corrected chi connectivity index (χ2v) is 5.36. The van der Waals surface area contributed by atoms with E-state index in [9.17, 15) is 5.11 Å². The molecular formula is C13H17Cl2NO. The molecular weight excluding hydrogens is 257 g/mol. The van der Waals surface area contributed by atoms with E-state index >= 15 is 0 Å². The molecule has 1 aromatic rings. The molecule has 0 aromatic heterocycles. The Morgan fingerprint density at radius 3 is 2.71 bits per heavy atom. The third kappa shape index (κ3) is 3.35. The van der Waals surface area contributed by atoms with Crippen LogP contribution in [0.4, 0.5) is 0 Å². The van der Waals surface area contributed by atoms with Gasteiger partial charge in [0.15, 0.2) is 0 Å². The van der Waals surface area contributed by atoms with Crippen molar-refractivity contribution in [3.8, 4) is 0 Å². The molecule has 1 heterocycles. The monoisotopic (exact) mass is 273 g/mol. The molecule has 1 aromatic carbocycles. The number of hydrogen-bond acceptors (Lipinski definition) is 2. The van der Waals surface area contributed by atoms with Crippen LogP contribution in [0.25, 0.3) is 0 Å². The summed E-state index contributed by atoms with van der Waals surface area (Å²) >= 11 is 12.1. The molecule has 2 N–H and O–H groups in total. The summed E-state index contributed by atoms with van der Waals surface area (Å²) in [7, 11) is 0. The van der Waals surface area contributed by atoms with E-state index in [4.69, 9.17) is 23.2 Å². The minimum atomic E-state index is -0.326. The van der Waals surface area contributed by atoms with Gasteiger partial charge in [-0.3, -0.25) is 0 Å². The van der Waals surface area contributed by atoms with Crippen LogP contribution in [0.15, 0.2) is 18.2 Å². The number of benzene rings is 1. The lowest BCUT2D eigenvalue weighted by Gasteiger charge is -2.27. The fraction of sp³-hybridized carbons (Fsp3) is 0.538. The highest BCUT2D eigenvalue weighted by atomic mass is 35.5. The molecule has 0 spiro atoms. The highest BCUT2D eigenvalue weighted by Crippen LogP contribution is 2.28. The fourth-order valence-electron chi connectivity index (χ4n) is 2.33.